The number of benzene rings is 2. The van der Waals surface area contributed by atoms with Crippen molar-refractivity contribution in [2.75, 3.05) is 26.2 Å². The number of nitrogens with zero attached hydrogens (tertiary/aromatic N) is 2. The van der Waals surface area contributed by atoms with Crippen molar-refractivity contribution < 1.29 is 18.4 Å². The Hall–Kier alpha value is -2.96. The van der Waals surface area contributed by atoms with Crippen molar-refractivity contribution in [2.24, 2.45) is 0 Å². The highest BCUT2D eigenvalue weighted by Crippen LogP contribution is 2.14. The zero-order valence-corrected chi connectivity index (χ0v) is 14.1. The van der Waals surface area contributed by atoms with Gasteiger partial charge in [-0.1, -0.05) is 30.3 Å². The lowest BCUT2D eigenvalue weighted by Gasteiger charge is -2.34. The minimum absolute atomic E-state index is 0.159. The number of hydrogen-bond acceptors (Lipinski definition) is 2. The molecule has 0 aliphatic carbocycles. The van der Waals surface area contributed by atoms with Crippen LogP contribution in [0.2, 0.25) is 0 Å². The SMILES string of the molecule is O=C(NCc1ccccc1)N1CCN(C(=O)c2ccc(F)cc2F)CC1. The predicted octanol–water partition coefficient (Wildman–Crippen LogP) is 2.63. The van der Waals surface area contributed by atoms with E-state index >= 15 is 0 Å². The second-order valence-electron chi connectivity index (χ2n) is 6.05. The topological polar surface area (TPSA) is 52.7 Å². The van der Waals surface area contributed by atoms with Crippen molar-refractivity contribution in [3.8, 4) is 0 Å². The molecule has 0 bridgehead atoms. The van der Waals surface area contributed by atoms with Crippen LogP contribution in [-0.4, -0.2) is 47.9 Å². The smallest absolute Gasteiger partial charge is 0.317 e. The van der Waals surface area contributed by atoms with Crippen LogP contribution in [0.5, 0.6) is 0 Å². The third kappa shape index (κ3) is 4.17. The highest BCUT2D eigenvalue weighted by Gasteiger charge is 2.26. The lowest BCUT2D eigenvalue weighted by atomic mass is 10.1. The molecule has 1 saturated heterocycles. The number of carbonyl (C=O) groups is 2. The summed E-state index contributed by atoms with van der Waals surface area (Å²) in [5.74, 6) is -2.09. The molecule has 1 N–H and O–H groups in total. The summed E-state index contributed by atoms with van der Waals surface area (Å²) in [5.41, 5.74) is 0.842. The van der Waals surface area contributed by atoms with Crippen LogP contribution in [0.25, 0.3) is 0 Å². The molecule has 5 nitrogen and oxygen atoms in total. The molecule has 2 aromatic carbocycles. The van der Waals surface area contributed by atoms with Gasteiger partial charge in [0.15, 0.2) is 0 Å². The maximum atomic E-state index is 13.8. The molecule has 1 aliphatic heterocycles. The molecule has 1 fully saturated rings. The first kappa shape index (κ1) is 17.8. The first-order valence-corrected chi connectivity index (χ1v) is 8.35. The van der Waals surface area contributed by atoms with Gasteiger partial charge in [-0.25, -0.2) is 13.6 Å². The predicted molar refractivity (Wildman–Crippen MR) is 92.5 cm³/mol. The van der Waals surface area contributed by atoms with Crippen LogP contribution in [0.4, 0.5) is 13.6 Å². The summed E-state index contributed by atoms with van der Waals surface area (Å²) in [7, 11) is 0. The fourth-order valence-electron chi connectivity index (χ4n) is 2.83. The number of piperazine rings is 1. The molecule has 1 aliphatic rings. The van der Waals surface area contributed by atoms with Gasteiger partial charge in [0, 0.05) is 38.8 Å². The lowest BCUT2D eigenvalue weighted by molar-refractivity contribution is 0.0660. The summed E-state index contributed by atoms with van der Waals surface area (Å²) in [5, 5.41) is 2.84. The van der Waals surface area contributed by atoms with Gasteiger partial charge in [-0.05, 0) is 17.7 Å². The van der Waals surface area contributed by atoms with Crippen molar-refractivity contribution in [3.63, 3.8) is 0 Å². The maximum Gasteiger partial charge on any atom is 0.317 e. The molecule has 0 aromatic heterocycles. The second-order valence-corrected chi connectivity index (χ2v) is 6.05. The highest BCUT2D eigenvalue weighted by molar-refractivity contribution is 5.94. The van der Waals surface area contributed by atoms with Crippen molar-refractivity contribution in [2.45, 2.75) is 6.54 Å². The number of hydrogen-bond donors (Lipinski definition) is 1. The number of nitrogens with one attached hydrogen (secondary N) is 1. The number of halogens is 2. The zero-order chi connectivity index (χ0) is 18.5. The average Bonchev–Trinajstić information content (AvgIpc) is 2.66. The number of urea groups is 1. The fraction of sp³-hybridized carbons (Fsp3) is 0.263. The van der Waals surface area contributed by atoms with Crippen LogP contribution in [0.1, 0.15) is 15.9 Å². The van der Waals surface area contributed by atoms with Gasteiger partial charge in [0.05, 0.1) is 5.56 Å². The van der Waals surface area contributed by atoms with Crippen molar-refractivity contribution in [3.05, 3.63) is 71.3 Å². The third-order valence-corrected chi connectivity index (χ3v) is 4.30. The van der Waals surface area contributed by atoms with Gasteiger partial charge < -0.3 is 15.1 Å². The summed E-state index contributed by atoms with van der Waals surface area (Å²) >= 11 is 0. The van der Waals surface area contributed by atoms with E-state index in [-0.39, 0.29) is 11.6 Å². The molecule has 0 unspecified atom stereocenters. The van der Waals surface area contributed by atoms with E-state index in [1.54, 1.807) is 4.90 Å². The van der Waals surface area contributed by atoms with Gasteiger partial charge in [0.2, 0.25) is 0 Å². The molecule has 0 spiro atoms. The van der Waals surface area contributed by atoms with E-state index in [9.17, 15) is 18.4 Å². The fourth-order valence-corrected chi connectivity index (χ4v) is 2.83. The largest absolute Gasteiger partial charge is 0.335 e. The van der Waals surface area contributed by atoms with Crippen LogP contribution in [0.3, 0.4) is 0 Å². The monoisotopic (exact) mass is 359 g/mol. The van der Waals surface area contributed by atoms with E-state index in [1.165, 1.54) is 4.90 Å². The van der Waals surface area contributed by atoms with Gasteiger partial charge in [0.1, 0.15) is 11.6 Å². The van der Waals surface area contributed by atoms with E-state index in [1.807, 2.05) is 30.3 Å². The molecule has 0 atom stereocenters. The standard InChI is InChI=1S/C19H19F2N3O2/c20-15-6-7-16(17(21)12-15)18(25)23-8-10-24(11-9-23)19(26)22-13-14-4-2-1-3-5-14/h1-7,12H,8-11,13H2,(H,22,26). The molecule has 26 heavy (non-hydrogen) atoms. The summed E-state index contributed by atoms with van der Waals surface area (Å²) < 4.78 is 26.7. The van der Waals surface area contributed by atoms with Crippen molar-refractivity contribution >= 4 is 11.9 Å². The molecule has 0 radical (unpaired) electrons. The molecule has 1 heterocycles. The summed E-state index contributed by atoms with van der Waals surface area (Å²) in [6.07, 6.45) is 0. The Balaban J connectivity index is 1.52. The maximum absolute atomic E-state index is 13.8. The number of amides is 3. The van der Waals surface area contributed by atoms with E-state index in [2.05, 4.69) is 5.32 Å². The Morgan fingerprint density at radius 1 is 0.923 bits per heavy atom. The average molecular weight is 359 g/mol. The van der Waals surface area contributed by atoms with Crippen LogP contribution < -0.4 is 5.32 Å². The molecule has 3 rings (SSSR count). The van der Waals surface area contributed by atoms with E-state index in [0.29, 0.717) is 38.8 Å². The molecule has 136 valence electrons. The van der Waals surface area contributed by atoms with Crippen LogP contribution in [0.15, 0.2) is 48.5 Å². The summed E-state index contributed by atoms with van der Waals surface area (Å²) in [4.78, 5) is 27.7. The Labute approximate surface area is 150 Å². The molecule has 2 aromatic rings. The molecule has 3 amide bonds. The van der Waals surface area contributed by atoms with Gasteiger partial charge in [-0.15, -0.1) is 0 Å². The molecular weight excluding hydrogens is 340 g/mol. The number of carbonyl (C=O) groups excluding carboxylic acids is 2. The molecule has 7 heteroatoms. The van der Waals surface area contributed by atoms with Crippen molar-refractivity contribution in [1.29, 1.82) is 0 Å². The normalized spacial score (nSPS) is 14.2. The Kier molecular flexibility index (Phi) is 5.46. The Morgan fingerprint density at radius 2 is 1.58 bits per heavy atom. The zero-order valence-electron chi connectivity index (χ0n) is 14.1. The van der Waals surface area contributed by atoms with Gasteiger partial charge in [-0.3, -0.25) is 4.79 Å². The van der Waals surface area contributed by atoms with E-state index in [0.717, 1.165) is 17.7 Å². The Morgan fingerprint density at radius 3 is 2.23 bits per heavy atom. The second kappa shape index (κ2) is 7.95. The van der Waals surface area contributed by atoms with Gasteiger partial charge >= 0.3 is 6.03 Å². The van der Waals surface area contributed by atoms with E-state index in [4.69, 9.17) is 0 Å². The number of rotatable bonds is 3. The quantitative estimate of drug-likeness (QED) is 0.916. The minimum Gasteiger partial charge on any atom is -0.335 e. The molecule has 0 saturated carbocycles. The van der Waals surface area contributed by atoms with Crippen LogP contribution in [-0.2, 0) is 6.54 Å². The van der Waals surface area contributed by atoms with E-state index < -0.39 is 17.5 Å². The lowest BCUT2D eigenvalue weighted by Crippen LogP contribution is -2.53. The minimum atomic E-state index is -0.877. The molecular formula is C19H19F2N3O2. The third-order valence-electron chi connectivity index (χ3n) is 4.30. The van der Waals surface area contributed by atoms with Crippen LogP contribution >= 0.6 is 0 Å². The Bertz CT molecular complexity index is 791. The first-order valence-electron chi connectivity index (χ1n) is 8.35. The highest BCUT2D eigenvalue weighted by atomic mass is 19.1. The van der Waals surface area contributed by atoms with Gasteiger partial charge in [-0.2, -0.15) is 0 Å². The summed E-state index contributed by atoms with van der Waals surface area (Å²) in [6.45, 7) is 1.74. The van der Waals surface area contributed by atoms with Crippen molar-refractivity contribution in [1.82, 2.24) is 15.1 Å². The van der Waals surface area contributed by atoms with Gasteiger partial charge in [0.25, 0.3) is 5.91 Å². The van der Waals surface area contributed by atoms with Crippen LogP contribution in [0, 0.1) is 11.6 Å². The first-order chi connectivity index (χ1) is 12.5. The summed E-state index contributed by atoms with van der Waals surface area (Å²) in [6, 6.07) is 12.3.